The van der Waals surface area contributed by atoms with E-state index in [1.165, 1.54) is 5.56 Å². The second-order valence-corrected chi connectivity index (χ2v) is 5.04. The van der Waals surface area contributed by atoms with Gasteiger partial charge in [-0.05, 0) is 49.4 Å². The highest BCUT2D eigenvalue weighted by atomic mass is 16.5. The minimum Gasteiger partial charge on any atom is -0.493 e. The van der Waals surface area contributed by atoms with Crippen molar-refractivity contribution in [2.45, 2.75) is 38.2 Å². The molecule has 1 fully saturated rings. The molecule has 3 heteroatoms. The van der Waals surface area contributed by atoms with E-state index in [4.69, 9.17) is 9.47 Å². The van der Waals surface area contributed by atoms with Gasteiger partial charge in [-0.3, -0.25) is 4.79 Å². The summed E-state index contributed by atoms with van der Waals surface area (Å²) in [7, 11) is 0. The highest BCUT2D eigenvalue weighted by Gasteiger charge is 2.21. The van der Waals surface area contributed by atoms with Crippen molar-refractivity contribution >= 4 is 5.78 Å². The molecule has 1 atom stereocenters. The van der Waals surface area contributed by atoms with Gasteiger partial charge in [0.2, 0.25) is 0 Å². The minimum absolute atomic E-state index is 0.129. The van der Waals surface area contributed by atoms with Gasteiger partial charge in [0.15, 0.2) is 5.78 Å². The van der Waals surface area contributed by atoms with Crippen LogP contribution in [-0.4, -0.2) is 25.1 Å². The quantitative estimate of drug-likeness (QED) is 0.769. The molecule has 2 aliphatic rings. The van der Waals surface area contributed by atoms with E-state index in [2.05, 4.69) is 0 Å². The molecule has 96 valence electrons. The van der Waals surface area contributed by atoms with Crippen molar-refractivity contribution in [3.8, 4) is 5.75 Å². The molecule has 0 bridgehead atoms. The maximum Gasteiger partial charge on any atom is 0.165 e. The Balaban J connectivity index is 1.73. The molecule has 0 aromatic heterocycles. The molecule has 1 aromatic rings. The van der Waals surface area contributed by atoms with Gasteiger partial charge in [-0.1, -0.05) is 0 Å². The van der Waals surface area contributed by atoms with Crippen LogP contribution >= 0.6 is 0 Å². The van der Waals surface area contributed by atoms with Crippen LogP contribution in [0.4, 0.5) is 0 Å². The van der Waals surface area contributed by atoms with Gasteiger partial charge in [-0.25, -0.2) is 0 Å². The van der Waals surface area contributed by atoms with Crippen molar-refractivity contribution in [2.75, 3.05) is 13.2 Å². The number of Topliss-reactive ketones (excluding diaryl/α,β-unsaturated/α-hetero) is 1. The standard InChI is InChI=1S/C15H18O3/c16-14(10-13-4-2-7-17-13)11-5-6-15-12(9-11)3-1-8-18-15/h5-6,9,13H,1-4,7-8,10H2. The normalized spacial score (nSPS) is 22.3. The van der Waals surface area contributed by atoms with Gasteiger partial charge in [-0.15, -0.1) is 0 Å². The number of fused-ring (bicyclic) bond motifs is 1. The summed E-state index contributed by atoms with van der Waals surface area (Å²) in [4.78, 5) is 12.2. The molecule has 1 saturated heterocycles. The Kier molecular flexibility index (Phi) is 3.33. The molecule has 2 heterocycles. The number of ether oxygens (including phenoxy) is 2. The smallest absolute Gasteiger partial charge is 0.165 e. The van der Waals surface area contributed by atoms with Crippen molar-refractivity contribution in [2.24, 2.45) is 0 Å². The van der Waals surface area contributed by atoms with E-state index in [1.807, 2.05) is 18.2 Å². The van der Waals surface area contributed by atoms with Crippen LogP contribution in [0.5, 0.6) is 5.75 Å². The molecule has 0 N–H and O–H groups in total. The minimum atomic E-state index is 0.129. The summed E-state index contributed by atoms with van der Waals surface area (Å²) >= 11 is 0. The Morgan fingerprint density at radius 1 is 1.28 bits per heavy atom. The van der Waals surface area contributed by atoms with Gasteiger partial charge in [0.1, 0.15) is 5.75 Å². The van der Waals surface area contributed by atoms with E-state index in [0.717, 1.165) is 50.2 Å². The van der Waals surface area contributed by atoms with Crippen molar-refractivity contribution in [1.82, 2.24) is 0 Å². The number of carbonyl (C=O) groups is 1. The fraction of sp³-hybridized carbons (Fsp3) is 0.533. The van der Waals surface area contributed by atoms with Crippen LogP contribution in [0.3, 0.4) is 0 Å². The zero-order valence-electron chi connectivity index (χ0n) is 10.5. The molecular weight excluding hydrogens is 228 g/mol. The first-order chi connectivity index (χ1) is 8.83. The second-order valence-electron chi connectivity index (χ2n) is 5.04. The lowest BCUT2D eigenvalue weighted by molar-refractivity contribution is 0.0775. The van der Waals surface area contributed by atoms with E-state index in [9.17, 15) is 4.79 Å². The first-order valence-electron chi connectivity index (χ1n) is 6.73. The lowest BCUT2D eigenvalue weighted by Gasteiger charge is -2.18. The first-order valence-corrected chi connectivity index (χ1v) is 6.73. The summed E-state index contributed by atoms with van der Waals surface area (Å²) in [6, 6.07) is 5.80. The number of carbonyl (C=O) groups excluding carboxylic acids is 1. The summed E-state index contributed by atoms with van der Waals surface area (Å²) in [6.07, 6.45) is 4.78. The zero-order chi connectivity index (χ0) is 12.4. The van der Waals surface area contributed by atoms with Crippen LogP contribution in [0.1, 0.15) is 41.6 Å². The fourth-order valence-corrected chi connectivity index (χ4v) is 2.66. The van der Waals surface area contributed by atoms with E-state index in [0.29, 0.717) is 6.42 Å². The average molecular weight is 246 g/mol. The third-order valence-electron chi connectivity index (χ3n) is 3.67. The average Bonchev–Trinajstić information content (AvgIpc) is 2.91. The van der Waals surface area contributed by atoms with E-state index in [-0.39, 0.29) is 11.9 Å². The fourth-order valence-electron chi connectivity index (χ4n) is 2.66. The highest BCUT2D eigenvalue weighted by Crippen LogP contribution is 2.26. The SMILES string of the molecule is O=C(CC1CCCO1)c1ccc2c(c1)CCCO2. The molecule has 0 amide bonds. The van der Waals surface area contributed by atoms with E-state index in [1.54, 1.807) is 0 Å². The van der Waals surface area contributed by atoms with E-state index < -0.39 is 0 Å². The molecule has 1 aromatic carbocycles. The van der Waals surface area contributed by atoms with Crippen molar-refractivity contribution in [3.63, 3.8) is 0 Å². The molecule has 1 unspecified atom stereocenters. The number of benzene rings is 1. The Bertz CT molecular complexity index is 447. The van der Waals surface area contributed by atoms with Crippen LogP contribution in [0.2, 0.25) is 0 Å². The van der Waals surface area contributed by atoms with Crippen molar-refractivity contribution in [3.05, 3.63) is 29.3 Å². The summed E-state index contributed by atoms with van der Waals surface area (Å²) in [5.41, 5.74) is 1.97. The van der Waals surface area contributed by atoms with Gasteiger partial charge >= 0.3 is 0 Å². The number of ketones is 1. The summed E-state index contributed by atoms with van der Waals surface area (Å²) in [6.45, 7) is 1.59. The van der Waals surface area contributed by atoms with Gasteiger partial charge < -0.3 is 9.47 Å². The predicted molar refractivity (Wildman–Crippen MR) is 68.2 cm³/mol. The Morgan fingerprint density at radius 3 is 3.06 bits per heavy atom. The molecule has 3 nitrogen and oxygen atoms in total. The second kappa shape index (κ2) is 5.11. The lowest BCUT2D eigenvalue weighted by Crippen LogP contribution is -2.14. The predicted octanol–water partition coefficient (Wildman–Crippen LogP) is 2.76. The van der Waals surface area contributed by atoms with Crippen molar-refractivity contribution < 1.29 is 14.3 Å². The summed E-state index contributed by atoms with van der Waals surface area (Å²) in [5, 5.41) is 0. The van der Waals surface area contributed by atoms with Crippen molar-refractivity contribution in [1.29, 1.82) is 0 Å². The van der Waals surface area contributed by atoms with Gasteiger partial charge in [-0.2, -0.15) is 0 Å². The monoisotopic (exact) mass is 246 g/mol. The maximum atomic E-state index is 12.2. The third kappa shape index (κ3) is 2.41. The van der Waals surface area contributed by atoms with Crippen LogP contribution in [-0.2, 0) is 11.2 Å². The molecule has 2 aliphatic heterocycles. The zero-order valence-corrected chi connectivity index (χ0v) is 10.5. The summed E-state index contributed by atoms with van der Waals surface area (Å²) in [5.74, 6) is 1.13. The van der Waals surface area contributed by atoms with Crippen LogP contribution in [0.15, 0.2) is 18.2 Å². The maximum absolute atomic E-state index is 12.2. The molecular formula is C15H18O3. The number of hydrogen-bond acceptors (Lipinski definition) is 3. The highest BCUT2D eigenvalue weighted by molar-refractivity contribution is 5.96. The van der Waals surface area contributed by atoms with Gasteiger partial charge in [0.25, 0.3) is 0 Å². The Morgan fingerprint density at radius 2 is 2.22 bits per heavy atom. The molecule has 0 spiro atoms. The van der Waals surface area contributed by atoms with Crippen LogP contribution < -0.4 is 4.74 Å². The molecule has 0 aliphatic carbocycles. The van der Waals surface area contributed by atoms with Gasteiger partial charge in [0.05, 0.1) is 12.7 Å². The molecule has 0 saturated carbocycles. The molecule has 0 radical (unpaired) electrons. The largest absolute Gasteiger partial charge is 0.493 e. The Hall–Kier alpha value is -1.35. The first kappa shape index (κ1) is 11.7. The van der Waals surface area contributed by atoms with Crippen LogP contribution in [0.25, 0.3) is 0 Å². The summed E-state index contributed by atoms with van der Waals surface area (Å²) < 4.78 is 11.1. The number of aryl methyl sites for hydroxylation is 1. The number of rotatable bonds is 3. The van der Waals surface area contributed by atoms with E-state index >= 15 is 0 Å². The third-order valence-corrected chi connectivity index (χ3v) is 3.67. The molecule has 18 heavy (non-hydrogen) atoms. The number of hydrogen-bond donors (Lipinski definition) is 0. The van der Waals surface area contributed by atoms with Crippen LogP contribution in [0, 0.1) is 0 Å². The van der Waals surface area contributed by atoms with Gasteiger partial charge in [0, 0.05) is 18.6 Å². The Labute approximate surface area is 107 Å². The topological polar surface area (TPSA) is 35.5 Å². The lowest BCUT2D eigenvalue weighted by atomic mass is 9.98. The molecule has 3 rings (SSSR count).